The number of aryl methyl sites for hydroxylation is 2. The Morgan fingerprint density at radius 2 is 1.16 bits per heavy atom. The van der Waals surface area contributed by atoms with Crippen LogP contribution in [0.4, 0.5) is 0 Å². The summed E-state index contributed by atoms with van der Waals surface area (Å²) < 4.78 is 99.0. The molecule has 0 saturated carbocycles. The Morgan fingerprint density at radius 3 is 1.36 bits per heavy atom. The maximum absolute atomic E-state index is 8.74. The van der Waals surface area contributed by atoms with Crippen LogP contribution in [-0.2, 0) is 44.8 Å². The third kappa shape index (κ3) is 70.8. The molecule has 0 aliphatic carbocycles. The van der Waals surface area contributed by atoms with Crippen molar-refractivity contribution in [2.45, 2.75) is 26.3 Å². The Bertz CT molecular complexity index is 670. The summed E-state index contributed by atoms with van der Waals surface area (Å²) in [4.78, 5) is 0. The van der Waals surface area contributed by atoms with Crippen LogP contribution in [0.5, 0.6) is 0 Å². The summed E-state index contributed by atoms with van der Waals surface area (Å²) in [5.41, 5.74) is 0. The Balaban J connectivity index is -0.000000279. The van der Waals surface area contributed by atoms with E-state index in [2.05, 4.69) is 34.8 Å². The van der Waals surface area contributed by atoms with E-state index in [1.54, 1.807) is 0 Å². The molecule has 6 N–H and O–H groups in total. The van der Waals surface area contributed by atoms with Crippen LogP contribution in [-0.4, -0.2) is 57.1 Å². The predicted molar refractivity (Wildman–Crippen MR) is 83.0 cm³/mol. The minimum absolute atomic E-state index is 1.15. The standard InChI is InChI=1S/C8H15N2.3H2O4S/c1-3-4-5-10-7-6-9(2)8-10;3*1-5(2,3)4/h6-8H,3-5H2,1-2H3;3*(H2,1,2,3,4)/q+1;;;. The van der Waals surface area contributed by atoms with Crippen molar-refractivity contribution in [1.82, 2.24) is 4.57 Å². The highest BCUT2D eigenvalue weighted by Gasteiger charge is 1.96. The number of rotatable bonds is 3. The number of hydrogen-bond donors (Lipinski definition) is 6. The van der Waals surface area contributed by atoms with Gasteiger partial charge in [0.25, 0.3) is 0 Å². The second-order valence-electron chi connectivity index (χ2n) is 4.01. The molecule has 0 atom stereocenters. The van der Waals surface area contributed by atoms with E-state index in [0.29, 0.717) is 0 Å². The fraction of sp³-hybridized carbons (Fsp3) is 0.625. The highest BCUT2D eigenvalue weighted by atomic mass is 32.3. The molecule has 25 heavy (non-hydrogen) atoms. The molecule has 0 unspecified atom stereocenters. The topological polar surface area (TPSA) is 233 Å². The SMILES string of the molecule is CCCCn1cc[n+](C)c1.O=S(=O)(O)O.O=S(=O)(O)O.O=S(=O)(O)O. The van der Waals surface area contributed by atoms with E-state index in [4.69, 9.17) is 52.6 Å². The van der Waals surface area contributed by atoms with Crippen molar-refractivity contribution in [2.24, 2.45) is 7.05 Å². The minimum atomic E-state index is -4.67. The lowest BCUT2D eigenvalue weighted by Crippen LogP contribution is -2.23. The molecule has 0 amide bonds. The third-order valence-electron chi connectivity index (χ3n) is 1.59. The summed E-state index contributed by atoms with van der Waals surface area (Å²) in [6.07, 6.45) is 8.82. The highest BCUT2D eigenvalue weighted by molar-refractivity contribution is 7.80. The molecule has 0 fully saturated rings. The predicted octanol–water partition coefficient (Wildman–Crippen LogP) is -0.846. The van der Waals surface area contributed by atoms with E-state index in [0.717, 1.165) is 6.54 Å². The number of nitrogens with zero attached hydrogens (tertiary/aromatic N) is 2. The van der Waals surface area contributed by atoms with Gasteiger partial charge in [0.1, 0.15) is 12.4 Å². The van der Waals surface area contributed by atoms with Gasteiger partial charge >= 0.3 is 31.2 Å². The molecule has 0 saturated heterocycles. The van der Waals surface area contributed by atoms with Crippen molar-refractivity contribution >= 4 is 31.2 Å². The first kappa shape index (κ1) is 28.6. The molecule has 1 rings (SSSR count). The van der Waals surface area contributed by atoms with Crippen LogP contribution < -0.4 is 4.57 Å². The number of hydrogen-bond acceptors (Lipinski definition) is 6. The van der Waals surface area contributed by atoms with Gasteiger partial charge in [0.2, 0.25) is 6.33 Å². The first-order chi connectivity index (χ1) is 10.8. The van der Waals surface area contributed by atoms with E-state index >= 15 is 0 Å². The summed E-state index contributed by atoms with van der Waals surface area (Å²) in [5.74, 6) is 0. The Hall–Kier alpha value is -1.18. The third-order valence-corrected chi connectivity index (χ3v) is 1.59. The molecule has 0 aliphatic heterocycles. The van der Waals surface area contributed by atoms with Crippen molar-refractivity contribution in [3.05, 3.63) is 18.7 Å². The molecule has 0 aliphatic rings. The van der Waals surface area contributed by atoms with E-state index in [1.165, 1.54) is 12.8 Å². The van der Waals surface area contributed by atoms with Crippen molar-refractivity contribution in [1.29, 1.82) is 0 Å². The van der Waals surface area contributed by atoms with Crippen LogP contribution in [0.2, 0.25) is 0 Å². The van der Waals surface area contributed by atoms with Gasteiger partial charge in [-0.05, 0) is 6.42 Å². The maximum atomic E-state index is 8.74. The minimum Gasteiger partial charge on any atom is -0.264 e. The summed E-state index contributed by atoms with van der Waals surface area (Å²) in [7, 11) is -12.0. The lowest BCUT2D eigenvalue weighted by Gasteiger charge is -1.90. The van der Waals surface area contributed by atoms with Crippen LogP contribution in [0.1, 0.15) is 19.8 Å². The lowest BCUT2D eigenvalue weighted by atomic mass is 10.3. The molecular weight excluding hydrogens is 412 g/mol. The fourth-order valence-corrected chi connectivity index (χ4v) is 0.975. The molecule has 0 bridgehead atoms. The smallest absolute Gasteiger partial charge is 0.264 e. The Morgan fingerprint density at radius 1 is 0.840 bits per heavy atom. The molecule has 0 radical (unpaired) electrons. The van der Waals surface area contributed by atoms with Gasteiger partial charge in [0, 0.05) is 0 Å². The molecule has 1 aromatic heterocycles. The fourth-order valence-electron chi connectivity index (χ4n) is 0.975. The Kier molecular flexibility index (Phi) is 15.0. The zero-order chi connectivity index (χ0) is 20.9. The number of imidazole rings is 1. The average Bonchev–Trinajstić information content (AvgIpc) is 2.65. The zero-order valence-corrected chi connectivity index (χ0v) is 15.6. The molecule has 1 heterocycles. The van der Waals surface area contributed by atoms with Crippen molar-refractivity contribution in [3.63, 3.8) is 0 Å². The van der Waals surface area contributed by atoms with Crippen molar-refractivity contribution < 1.29 is 57.1 Å². The van der Waals surface area contributed by atoms with E-state index in [9.17, 15) is 0 Å². The van der Waals surface area contributed by atoms with Gasteiger partial charge in [-0.15, -0.1) is 0 Å². The normalized spacial score (nSPS) is 11.0. The average molecular weight is 433 g/mol. The summed E-state index contributed by atoms with van der Waals surface area (Å²) in [6.45, 7) is 3.36. The van der Waals surface area contributed by atoms with Gasteiger partial charge in [-0.3, -0.25) is 27.3 Å². The summed E-state index contributed by atoms with van der Waals surface area (Å²) in [6, 6.07) is 0. The molecule has 14 nitrogen and oxygen atoms in total. The quantitative estimate of drug-likeness (QED) is 0.253. The van der Waals surface area contributed by atoms with Crippen LogP contribution >= 0.6 is 0 Å². The molecular formula is C8H21N2O12S3+. The van der Waals surface area contributed by atoms with Crippen LogP contribution in [0.3, 0.4) is 0 Å². The van der Waals surface area contributed by atoms with E-state index < -0.39 is 31.2 Å². The lowest BCUT2D eigenvalue weighted by molar-refractivity contribution is -0.671. The van der Waals surface area contributed by atoms with Gasteiger partial charge in [-0.25, -0.2) is 9.13 Å². The maximum Gasteiger partial charge on any atom is 0.394 e. The Labute approximate surface area is 145 Å². The first-order valence-electron chi connectivity index (χ1n) is 5.93. The number of aromatic nitrogens is 2. The van der Waals surface area contributed by atoms with Crippen molar-refractivity contribution in [2.75, 3.05) is 0 Å². The largest absolute Gasteiger partial charge is 0.394 e. The zero-order valence-electron chi connectivity index (χ0n) is 13.1. The first-order valence-corrected chi connectivity index (χ1v) is 10.1. The van der Waals surface area contributed by atoms with Crippen LogP contribution in [0.25, 0.3) is 0 Å². The van der Waals surface area contributed by atoms with Crippen LogP contribution in [0, 0.1) is 0 Å². The van der Waals surface area contributed by atoms with Crippen LogP contribution in [0.15, 0.2) is 18.7 Å². The molecule has 1 aromatic rings. The van der Waals surface area contributed by atoms with Gasteiger partial charge in [0.05, 0.1) is 13.6 Å². The van der Waals surface area contributed by atoms with Gasteiger partial charge < -0.3 is 0 Å². The summed E-state index contributed by atoms with van der Waals surface area (Å²) >= 11 is 0. The van der Waals surface area contributed by atoms with Gasteiger partial charge in [-0.2, -0.15) is 25.3 Å². The number of unbranched alkanes of at least 4 members (excludes halogenated alkanes) is 1. The molecule has 0 spiro atoms. The molecule has 152 valence electrons. The van der Waals surface area contributed by atoms with Gasteiger partial charge in [0.15, 0.2) is 0 Å². The molecule has 0 aromatic carbocycles. The van der Waals surface area contributed by atoms with Crippen molar-refractivity contribution in [3.8, 4) is 0 Å². The summed E-state index contributed by atoms with van der Waals surface area (Å²) in [5, 5.41) is 0. The molecule has 17 heteroatoms. The van der Waals surface area contributed by atoms with E-state index in [-0.39, 0.29) is 0 Å². The van der Waals surface area contributed by atoms with Gasteiger partial charge in [-0.1, -0.05) is 13.3 Å². The second-order valence-corrected chi connectivity index (χ2v) is 6.70. The van der Waals surface area contributed by atoms with E-state index in [1.807, 2.05) is 7.05 Å². The highest BCUT2D eigenvalue weighted by Crippen LogP contribution is 1.91. The second kappa shape index (κ2) is 13.1. The monoisotopic (exact) mass is 433 g/mol.